The third kappa shape index (κ3) is 10.1. The number of rotatable bonds is 7. The van der Waals surface area contributed by atoms with Crippen LogP contribution in [0.1, 0.15) is 27.7 Å². The molecule has 0 fully saturated rings. The lowest BCUT2D eigenvalue weighted by atomic mass is 10.1. The van der Waals surface area contributed by atoms with Gasteiger partial charge in [-0.05, 0) is 11.8 Å². The first-order valence-electron chi connectivity index (χ1n) is 5.61. The van der Waals surface area contributed by atoms with Gasteiger partial charge in [0.2, 0.25) is 0 Å². The van der Waals surface area contributed by atoms with E-state index in [9.17, 15) is 0 Å². The van der Waals surface area contributed by atoms with E-state index in [0.717, 1.165) is 25.4 Å². The number of nitrogens with zero attached hydrogens (tertiary/aromatic N) is 1. The van der Waals surface area contributed by atoms with Gasteiger partial charge in [0.25, 0.3) is 0 Å². The van der Waals surface area contributed by atoms with Crippen LogP contribution in [0.15, 0.2) is 0 Å². The molecule has 3 nitrogen and oxygen atoms in total. The topological polar surface area (TPSA) is 53.1 Å². The average Bonchev–Trinajstić information content (AvgIpc) is 2.00. The molecule has 0 aromatic carbocycles. The molecular weight excluding hydrogens is 206 g/mol. The quantitative estimate of drug-likeness (QED) is 0.522. The van der Waals surface area contributed by atoms with Crippen molar-refractivity contribution in [3.05, 3.63) is 0 Å². The Labute approximate surface area is 98.3 Å². The molecule has 0 saturated heterocycles. The molecule has 15 heavy (non-hydrogen) atoms. The SMILES string of the molecule is CC(C)CN(CCSC(=N)N)CC(C)C. The van der Waals surface area contributed by atoms with Crippen molar-refractivity contribution in [1.82, 2.24) is 4.90 Å². The van der Waals surface area contributed by atoms with Gasteiger partial charge < -0.3 is 10.6 Å². The molecule has 0 atom stereocenters. The van der Waals surface area contributed by atoms with Crippen LogP contribution < -0.4 is 5.73 Å². The molecule has 0 aromatic rings. The predicted octanol–water partition coefficient (Wildman–Crippen LogP) is 2.23. The zero-order valence-electron chi connectivity index (χ0n) is 10.4. The minimum atomic E-state index is 0.226. The highest BCUT2D eigenvalue weighted by Gasteiger charge is 2.09. The zero-order valence-corrected chi connectivity index (χ0v) is 11.2. The Morgan fingerprint density at radius 2 is 1.67 bits per heavy atom. The highest BCUT2D eigenvalue weighted by atomic mass is 32.2. The summed E-state index contributed by atoms with van der Waals surface area (Å²) in [5.41, 5.74) is 5.31. The van der Waals surface area contributed by atoms with E-state index >= 15 is 0 Å². The van der Waals surface area contributed by atoms with Gasteiger partial charge in [0.05, 0.1) is 0 Å². The van der Waals surface area contributed by atoms with E-state index in [4.69, 9.17) is 11.1 Å². The highest BCUT2D eigenvalue weighted by molar-refractivity contribution is 8.13. The minimum Gasteiger partial charge on any atom is -0.379 e. The van der Waals surface area contributed by atoms with Crippen LogP contribution in [0.4, 0.5) is 0 Å². The Kier molecular flexibility index (Phi) is 7.88. The number of nitrogens with two attached hydrogens (primary N) is 1. The van der Waals surface area contributed by atoms with Gasteiger partial charge in [-0.2, -0.15) is 0 Å². The molecule has 0 aliphatic heterocycles. The Morgan fingerprint density at radius 3 is 2.00 bits per heavy atom. The fourth-order valence-corrected chi connectivity index (χ4v) is 2.14. The molecule has 0 spiro atoms. The van der Waals surface area contributed by atoms with Gasteiger partial charge in [-0.1, -0.05) is 39.5 Å². The summed E-state index contributed by atoms with van der Waals surface area (Å²) in [7, 11) is 0. The maximum Gasteiger partial charge on any atom is 0.151 e. The Bertz CT molecular complexity index is 171. The van der Waals surface area contributed by atoms with Gasteiger partial charge in [-0.25, -0.2) is 0 Å². The van der Waals surface area contributed by atoms with Gasteiger partial charge in [-0.15, -0.1) is 0 Å². The largest absolute Gasteiger partial charge is 0.379 e. The fraction of sp³-hybridized carbons (Fsp3) is 0.909. The molecule has 0 radical (unpaired) electrons. The van der Waals surface area contributed by atoms with Gasteiger partial charge in [0.15, 0.2) is 5.17 Å². The molecule has 0 unspecified atom stereocenters. The van der Waals surface area contributed by atoms with E-state index in [1.807, 2.05) is 0 Å². The summed E-state index contributed by atoms with van der Waals surface area (Å²) in [5, 5.41) is 7.37. The van der Waals surface area contributed by atoms with Crippen molar-refractivity contribution in [2.45, 2.75) is 27.7 Å². The van der Waals surface area contributed by atoms with Crippen LogP contribution in [0, 0.1) is 17.2 Å². The summed E-state index contributed by atoms with van der Waals surface area (Å²) in [6.07, 6.45) is 0. The van der Waals surface area contributed by atoms with Crippen molar-refractivity contribution in [2.24, 2.45) is 17.6 Å². The van der Waals surface area contributed by atoms with E-state index in [-0.39, 0.29) is 5.17 Å². The lowest BCUT2D eigenvalue weighted by molar-refractivity contribution is 0.232. The molecule has 0 heterocycles. The third-order valence-electron chi connectivity index (χ3n) is 1.91. The summed E-state index contributed by atoms with van der Waals surface area (Å²) >= 11 is 1.43. The lowest BCUT2D eigenvalue weighted by Crippen LogP contribution is -2.33. The van der Waals surface area contributed by atoms with E-state index < -0.39 is 0 Å². The molecule has 0 bridgehead atoms. The second-order valence-corrected chi connectivity index (χ2v) is 5.90. The van der Waals surface area contributed by atoms with Gasteiger partial charge in [0, 0.05) is 25.4 Å². The first-order valence-corrected chi connectivity index (χ1v) is 6.59. The molecule has 3 N–H and O–H groups in total. The van der Waals surface area contributed by atoms with E-state index in [2.05, 4.69) is 32.6 Å². The smallest absolute Gasteiger partial charge is 0.151 e. The number of hydrogen-bond donors (Lipinski definition) is 2. The molecular formula is C11H25N3S. The van der Waals surface area contributed by atoms with Crippen LogP contribution in [0.25, 0.3) is 0 Å². The van der Waals surface area contributed by atoms with Crippen LogP contribution in [0.5, 0.6) is 0 Å². The summed E-state index contributed by atoms with van der Waals surface area (Å²) in [6, 6.07) is 0. The first-order chi connectivity index (χ1) is 6.91. The summed E-state index contributed by atoms with van der Waals surface area (Å²) < 4.78 is 0. The molecule has 0 rings (SSSR count). The Morgan fingerprint density at radius 1 is 1.20 bits per heavy atom. The second kappa shape index (κ2) is 7.99. The molecule has 0 aromatic heterocycles. The maximum atomic E-state index is 7.14. The highest BCUT2D eigenvalue weighted by Crippen LogP contribution is 2.06. The monoisotopic (exact) mass is 231 g/mol. The van der Waals surface area contributed by atoms with Gasteiger partial charge in [0.1, 0.15) is 0 Å². The average molecular weight is 231 g/mol. The van der Waals surface area contributed by atoms with Crippen LogP contribution >= 0.6 is 11.8 Å². The molecule has 90 valence electrons. The second-order valence-electron chi connectivity index (χ2n) is 4.76. The third-order valence-corrected chi connectivity index (χ3v) is 2.61. The van der Waals surface area contributed by atoms with Crippen molar-refractivity contribution in [1.29, 1.82) is 5.41 Å². The molecule has 0 aliphatic rings. The maximum absolute atomic E-state index is 7.14. The number of nitrogens with one attached hydrogen (secondary N) is 1. The normalized spacial score (nSPS) is 11.7. The van der Waals surface area contributed by atoms with E-state index in [1.165, 1.54) is 11.8 Å². The minimum absolute atomic E-state index is 0.226. The molecule has 0 amide bonds. The van der Waals surface area contributed by atoms with Gasteiger partial charge in [-0.3, -0.25) is 5.41 Å². The van der Waals surface area contributed by atoms with Crippen molar-refractivity contribution in [3.8, 4) is 0 Å². The van der Waals surface area contributed by atoms with E-state index in [1.54, 1.807) is 0 Å². The summed E-state index contributed by atoms with van der Waals surface area (Å²) in [6.45, 7) is 12.3. The van der Waals surface area contributed by atoms with Crippen molar-refractivity contribution < 1.29 is 0 Å². The fourth-order valence-electron chi connectivity index (χ4n) is 1.57. The Hall–Kier alpha value is -0.220. The van der Waals surface area contributed by atoms with E-state index in [0.29, 0.717) is 11.8 Å². The van der Waals surface area contributed by atoms with Gasteiger partial charge >= 0.3 is 0 Å². The summed E-state index contributed by atoms with van der Waals surface area (Å²) in [4.78, 5) is 2.46. The molecule has 0 aliphatic carbocycles. The van der Waals surface area contributed by atoms with Crippen LogP contribution in [0.2, 0.25) is 0 Å². The lowest BCUT2D eigenvalue weighted by Gasteiger charge is -2.25. The van der Waals surface area contributed by atoms with Crippen LogP contribution in [0.3, 0.4) is 0 Å². The number of thioether (sulfide) groups is 1. The Balaban J connectivity index is 3.84. The van der Waals surface area contributed by atoms with Crippen LogP contribution in [-0.2, 0) is 0 Å². The number of amidine groups is 1. The van der Waals surface area contributed by atoms with Crippen LogP contribution in [-0.4, -0.2) is 35.5 Å². The number of hydrogen-bond acceptors (Lipinski definition) is 3. The first kappa shape index (κ1) is 14.8. The zero-order chi connectivity index (χ0) is 11.8. The van der Waals surface area contributed by atoms with Crippen molar-refractivity contribution >= 4 is 16.9 Å². The molecule has 0 saturated carbocycles. The summed E-state index contributed by atoms with van der Waals surface area (Å²) in [5.74, 6) is 2.33. The molecule has 4 heteroatoms. The standard InChI is InChI=1S/C11H25N3S/c1-9(2)7-14(8-10(3)4)5-6-15-11(12)13/h9-10H,5-8H2,1-4H3,(H3,12,13). The van der Waals surface area contributed by atoms with Crippen molar-refractivity contribution in [3.63, 3.8) is 0 Å². The van der Waals surface area contributed by atoms with Crippen molar-refractivity contribution in [2.75, 3.05) is 25.4 Å². The predicted molar refractivity (Wildman–Crippen MR) is 70.5 cm³/mol.